The zero-order valence-corrected chi connectivity index (χ0v) is 24.0. The van der Waals surface area contributed by atoms with Gasteiger partial charge in [-0.25, -0.2) is 0 Å². The van der Waals surface area contributed by atoms with Gasteiger partial charge >= 0.3 is 0 Å². The van der Waals surface area contributed by atoms with Crippen LogP contribution in [0, 0.1) is 6.92 Å². The first-order chi connectivity index (χ1) is 18.2. The molecule has 0 N–H and O–H groups in total. The normalized spacial score (nSPS) is 11.3. The van der Waals surface area contributed by atoms with E-state index in [0.717, 1.165) is 54.5 Å². The molecule has 4 heteroatoms. The Kier molecular flexibility index (Phi) is 17.2. The van der Waals surface area contributed by atoms with Crippen LogP contribution in [-0.2, 0) is 0 Å². The van der Waals surface area contributed by atoms with Crippen LogP contribution in [0.25, 0.3) is 0 Å². The highest BCUT2D eigenvalue weighted by atomic mass is 16.5. The van der Waals surface area contributed by atoms with Crippen molar-refractivity contribution in [1.82, 2.24) is 0 Å². The number of unbranched alkanes of at least 4 members (excludes halogenated alkanes) is 14. The van der Waals surface area contributed by atoms with E-state index in [0.29, 0.717) is 0 Å². The van der Waals surface area contributed by atoms with Crippen molar-refractivity contribution in [2.75, 3.05) is 13.2 Å². The molecule has 2 aromatic carbocycles. The van der Waals surface area contributed by atoms with Gasteiger partial charge in [-0.3, -0.25) is 0 Å². The Morgan fingerprint density at radius 2 is 0.973 bits per heavy atom. The van der Waals surface area contributed by atoms with E-state index in [4.69, 9.17) is 9.47 Å². The lowest BCUT2D eigenvalue weighted by Gasteiger charge is -2.09. The number of hydrogen-bond acceptors (Lipinski definition) is 4. The summed E-state index contributed by atoms with van der Waals surface area (Å²) in [6.07, 6.45) is 21.0. The minimum Gasteiger partial charge on any atom is -0.494 e. The highest BCUT2D eigenvalue weighted by Gasteiger charge is 2.02. The maximum atomic E-state index is 6.00. The van der Waals surface area contributed by atoms with Gasteiger partial charge in [0.25, 0.3) is 0 Å². The van der Waals surface area contributed by atoms with Crippen molar-refractivity contribution in [3.05, 3.63) is 48.0 Å². The first-order valence-electron chi connectivity index (χ1n) is 15.1. The van der Waals surface area contributed by atoms with Crippen LogP contribution in [0.2, 0.25) is 0 Å². The number of benzene rings is 2. The number of rotatable bonds is 22. The lowest BCUT2D eigenvalue weighted by Crippen LogP contribution is -1.98. The van der Waals surface area contributed by atoms with E-state index in [1.54, 1.807) is 0 Å². The van der Waals surface area contributed by atoms with Crippen LogP contribution in [0.1, 0.15) is 122 Å². The van der Waals surface area contributed by atoms with Crippen molar-refractivity contribution in [1.29, 1.82) is 0 Å². The van der Waals surface area contributed by atoms with Crippen LogP contribution in [0.3, 0.4) is 0 Å². The van der Waals surface area contributed by atoms with Crippen molar-refractivity contribution in [3.63, 3.8) is 0 Å². The summed E-state index contributed by atoms with van der Waals surface area (Å²) in [5, 5.41) is 8.80. The van der Waals surface area contributed by atoms with Gasteiger partial charge in [-0.2, -0.15) is 10.2 Å². The van der Waals surface area contributed by atoms with E-state index in [2.05, 4.69) is 31.0 Å². The third kappa shape index (κ3) is 14.8. The van der Waals surface area contributed by atoms with E-state index in [9.17, 15) is 0 Å². The van der Waals surface area contributed by atoms with Gasteiger partial charge in [0.05, 0.1) is 24.6 Å². The average Bonchev–Trinajstić information content (AvgIpc) is 2.91. The molecular weight excluding hydrogens is 456 g/mol. The standard InChI is InChI=1S/C33H52N2O2/c1-4-6-8-10-12-14-16-18-26-36-32-23-20-30(21-24-32)34-35-31-22-25-33(29(3)28-31)37-27-19-17-15-13-11-9-7-5-2/h20-25,28H,4-19,26-27H2,1-3H3/b35-34+. The molecule has 0 radical (unpaired) electrons. The molecule has 2 aromatic rings. The molecule has 0 bridgehead atoms. The summed E-state index contributed by atoms with van der Waals surface area (Å²) in [5.74, 6) is 1.84. The maximum absolute atomic E-state index is 6.00. The minimum atomic E-state index is 0.780. The molecule has 206 valence electrons. The Labute approximate surface area is 227 Å². The van der Waals surface area contributed by atoms with E-state index < -0.39 is 0 Å². The quantitative estimate of drug-likeness (QED) is 0.117. The molecule has 0 amide bonds. The molecule has 4 nitrogen and oxygen atoms in total. The maximum Gasteiger partial charge on any atom is 0.122 e. The Balaban J connectivity index is 1.62. The van der Waals surface area contributed by atoms with Gasteiger partial charge in [-0.05, 0) is 67.8 Å². The lowest BCUT2D eigenvalue weighted by molar-refractivity contribution is 0.302. The second-order valence-corrected chi connectivity index (χ2v) is 10.3. The monoisotopic (exact) mass is 508 g/mol. The Morgan fingerprint density at radius 1 is 0.514 bits per heavy atom. The van der Waals surface area contributed by atoms with Crippen LogP contribution in [0.5, 0.6) is 11.5 Å². The zero-order chi connectivity index (χ0) is 26.4. The molecule has 0 saturated heterocycles. The smallest absolute Gasteiger partial charge is 0.122 e. The first-order valence-corrected chi connectivity index (χ1v) is 15.1. The molecule has 0 fully saturated rings. The van der Waals surface area contributed by atoms with Crippen LogP contribution < -0.4 is 9.47 Å². The molecule has 0 aromatic heterocycles. The zero-order valence-electron chi connectivity index (χ0n) is 24.0. The number of azo groups is 1. The van der Waals surface area contributed by atoms with E-state index in [1.165, 1.54) is 89.9 Å². The Morgan fingerprint density at radius 3 is 1.51 bits per heavy atom. The molecule has 2 rings (SSSR count). The van der Waals surface area contributed by atoms with Crippen LogP contribution in [0.15, 0.2) is 52.7 Å². The van der Waals surface area contributed by atoms with Gasteiger partial charge in [-0.15, -0.1) is 0 Å². The second-order valence-electron chi connectivity index (χ2n) is 10.3. The molecule has 0 aliphatic heterocycles. The lowest BCUT2D eigenvalue weighted by atomic mass is 10.1. The summed E-state index contributed by atoms with van der Waals surface area (Å²) in [7, 11) is 0. The number of ether oxygens (including phenoxy) is 2. The average molecular weight is 509 g/mol. The molecule has 0 heterocycles. The van der Waals surface area contributed by atoms with Gasteiger partial charge in [0.15, 0.2) is 0 Å². The molecule has 0 aliphatic carbocycles. The van der Waals surface area contributed by atoms with E-state index in [1.807, 2.05) is 42.5 Å². The van der Waals surface area contributed by atoms with E-state index in [-0.39, 0.29) is 0 Å². The van der Waals surface area contributed by atoms with Crippen LogP contribution >= 0.6 is 0 Å². The van der Waals surface area contributed by atoms with Crippen molar-refractivity contribution < 1.29 is 9.47 Å². The van der Waals surface area contributed by atoms with Gasteiger partial charge in [0, 0.05) is 0 Å². The van der Waals surface area contributed by atoms with Gasteiger partial charge in [-0.1, -0.05) is 104 Å². The summed E-state index contributed by atoms with van der Waals surface area (Å²) < 4.78 is 11.9. The SMILES string of the molecule is CCCCCCCCCCOc1ccc(/N=N/c2ccc(OCCCCCCCCCC)c(C)c2)cc1. The third-order valence-corrected chi connectivity index (χ3v) is 6.80. The van der Waals surface area contributed by atoms with Gasteiger partial charge in [0.2, 0.25) is 0 Å². The number of hydrogen-bond donors (Lipinski definition) is 0. The topological polar surface area (TPSA) is 43.2 Å². The number of nitrogens with zero attached hydrogens (tertiary/aromatic N) is 2. The summed E-state index contributed by atoms with van der Waals surface area (Å²) in [6.45, 7) is 8.16. The Hall–Kier alpha value is -2.36. The molecule has 0 aliphatic rings. The van der Waals surface area contributed by atoms with Crippen molar-refractivity contribution in [2.24, 2.45) is 10.2 Å². The fourth-order valence-electron chi connectivity index (χ4n) is 4.43. The van der Waals surface area contributed by atoms with Crippen molar-refractivity contribution in [3.8, 4) is 11.5 Å². The predicted octanol–water partition coefficient (Wildman–Crippen LogP) is 11.4. The molecule has 0 saturated carbocycles. The molecular formula is C33H52N2O2. The first kappa shape index (κ1) is 30.9. The summed E-state index contributed by atoms with van der Waals surface area (Å²) >= 11 is 0. The minimum absolute atomic E-state index is 0.780. The fraction of sp³-hybridized carbons (Fsp3) is 0.636. The summed E-state index contributed by atoms with van der Waals surface area (Å²) in [6, 6.07) is 13.9. The summed E-state index contributed by atoms with van der Waals surface area (Å²) in [4.78, 5) is 0. The van der Waals surface area contributed by atoms with Crippen LogP contribution in [-0.4, -0.2) is 13.2 Å². The molecule has 37 heavy (non-hydrogen) atoms. The molecule has 0 unspecified atom stereocenters. The van der Waals surface area contributed by atoms with Gasteiger partial charge in [0.1, 0.15) is 11.5 Å². The Bertz CT molecular complexity index is 848. The second kappa shape index (κ2) is 20.7. The van der Waals surface area contributed by atoms with Crippen LogP contribution in [0.4, 0.5) is 11.4 Å². The fourth-order valence-corrected chi connectivity index (χ4v) is 4.43. The number of aryl methyl sites for hydroxylation is 1. The third-order valence-electron chi connectivity index (χ3n) is 6.80. The summed E-state index contributed by atoms with van der Waals surface area (Å²) in [5.41, 5.74) is 2.76. The van der Waals surface area contributed by atoms with Gasteiger partial charge < -0.3 is 9.47 Å². The highest BCUT2D eigenvalue weighted by Crippen LogP contribution is 2.26. The van der Waals surface area contributed by atoms with Crippen molar-refractivity contribution in [2.45, 2.75) is 124 Å². The predicted molar refractivity (Wildman–Crippen MR) is 158 cm³/mol. The van der Waals surface area contributed by atoms with E-state index >= 15 is 0 Å². The molecule has 0 spiro atoms. The highest BCUT2D eigenvalue weighted by molar-refractivity contribution is 5.47. The largest absolute Gasteiger partial charge is 0.494 e. The molecule has 0 atom stereocenters. The van der Waals surface area contributed by atoms with Crippen molar-refractivity contribution >= 4 is 11.4 Å².